The summed E-state index contributed by atoms with van der Waals surface area (Å²) < 4.78 is 13.0. The fourth-order valence-corrected chi connectivity index (χ4v) is 4.03. The van der Waals surface area contributed by atoms with Crippen LogP contribution in [0.4, 0.5) is 5.82 Å². The predicted octanol–water partition coefficient (Wildman–Crippen LogP) is 3.11. The maximum absolute atomic E-state index is 13.0. The number of aromatic nitrogens is 2. The van der Waals surface area contributed by atoms with Gasteiger partial charge in [0.05, 0.1) is 12.7 Å². The zero-order chi connectivity index (χ0) is 21.0. The number of hydrogen-bond donors (Lipinski definition) is 1. The average molecular weight is 413 g/mol. The van der Waals surface area contributed by atoms with Crippen LogP contribution >= 0.6 is 11.8 Å². The van der Waals surface area contributed by atoms with Crippen LogP contribution in [0.5, 0.6) is 11.5 Å². The third kappa shape index (κ3) is 4.07. The van der Waals surface area contributed by atoms with E-state index in [1.54, 1.807) is 36.9 Å². The van der Waals surface area contributed by atoms with E-state index in [9.17, 15) is 9.59 Å². The normalized spacial score (nSPS) is 15.2. The average Bonchev–Trinajstić information content (AvgIpc) is 2.72. The highest BCUT2D eigenvalue weighted by Crippen LogP contribution is 2.43. The Kier molecular flexibility index (Phi) is 6.43. The number of para-hydroxylation sites is 1. The molecule has 1 aromatic heterocycles. The number of thioether (sulfide) groups is 1. The van der Waals surface area contributed by atoms with E-state index >= 15 is 0 Å². The number of methoxy groups -OCH3 is 1. The summed E-state index contributed by atoms with van der Waals surface area (Å²) in [6.45, 7) is 7.64. The lowest BCUT2D eigenvalue weighted by molar-refractivity contribution is -0.116. The zero-order valence-electron chi connectivity index (χ0n) is 16.4. The highest BCUT2D eigenvalue weighted by molar-refractivity contribution is 7.99. The van der Waals surface area contributed by atoms with Gasteiger partial charge in [0.25, 0.3) is 5.56 Å². The molecule has 1 atom stereocenters. The Labute approximate surface area is 173 Å². The lowest BCUT2D eigenvalue weighted by Crippen LogP contribution is -2.33. The van der Waals surface area contributed by atoms with Gasteiger partial charge in [-0.05, 0) is 6.07 Å². The minimum atomic E-state index is -0.502. The number of benzene rings is 1. The van der Waals surface area contributed by atoms with Crippen LogP contribution in [0.25, 0.3) is 0 Å². The molecule has 0 saturated carbocycles. The van der Waals surface area contributed by atoms with Crippen molar-refractivity contribution >= 4 is 23.5 Å². The van der Waals surface area contributed by atoms with Gasteiger partial charge < -0.3 is 19.4 Å². The van der Waals surface area contributed by atoms with Crippen LogP contribution in [0, 0.1) is 0 Å². The third-order valence-corrected chi connectivity index (χ3v) is 5.61. The molecular formula is C21H23N3O4S. The third-order valence-electron chi connectivity index (χ3n) is 4.58. The lowest BCUT2D eigenvalue weighted by atomic mass is 9.86. The first kappa shape index (κ1) is 20.7. The van der Waals surface area contributed by atoms with Crippen LogP contribution in [0.2, 0.25) is 0 Å². The highest BCUT2D eigenvalue weighted by Gasteiger charge is 2.34. The molecule has 2 aromatic rings. The topological polar surface area (TPSA) is 82.4 Å². The second kappa shape index (κ2) is 9.00. The van der Waals surface area contributed by atoms with Crippen molar-refractivity contribution in [2.75, 3.05) is 24.8 Å². The number of nitrogens with one attached hydrogen (secondary N) is 1. The molecule has 152 valence electrons. The Morgan fingerprint density at radius 1 is 1.34 bits per heavy atom. The molecule has 1 aromatic carbocycles. The van der Waals surface area contributed by atoms with E-state index in [-0.39, 0.29) is 24.5 Å². The number of anilines is 1. The summed E-state index contributed by atoms with van der Waals surface area (Å²) >= 11 is 1.38. The van der Waals surface area contributed by atoms with Crippen LogP contribution in [-0.2, 0) is 11.8 Å². The molecule has 0 bridgehead atoms. The van der Waals surface area contributed by atoms with E-state index in [1.807, 2.05) is 12.1 Å². The number of carbonyl (C=O) groups excluding carboxylic acids is 1. The van der Waals surface area contributed by atoms with E-state index in [2.05, 4.69) is 23.5 Å². The first-order valence-electron chi connectivity index (χ1n) is 9.06. The first-order chi connectivity index (χ1) is 14.0. The van der Waals surface area contributed by atoms with Crippen molar-refractivity contribution in [1.82, 2.24) is 9.55 Å². The maximum atomic E-state index is 13.0. The number of hydrogen-bond acceptors (Lipinski definition) is 6. The monoisotopic (exact) mass is 413 g/mol. The second-order valence-electron chi connectivity index (χ2n) is 6.40. The number of ether oxygens (including phenoxy) is 2. The summed E-state index contributed by atoms with van der Waals surface area (Å²) in [4.78, 5) is 29.7. The minimum Gasteiger partial charge on any atom is -0.493 e. The van der Waals surface area contributed by atoms with Crippen molar-refractivity contribution in [2.24, 2.45) is 7.05 Å². The van der Waals surface area contributed by atoms with E-state index in [0.717, 1.165) is 0 Å². The Morgan fingerprint density at radius 3 is 2.83 bits per heavy atom. The predicted molar refractivity (Wildman–Crippen MR) is 114 cm³/mol. The largest absolute Gasteiger partial charge is 0.493 e. The lowest BCUT2D eigenvalue weighted by Gasteiger charge is -2.28. The minimum absolute atomic E-state index is 0.112. The van der Waals surface area contributed by atoms with Crippen molar-refractivity contribution in [3.8, 4) is 11.5 Å². The summed E-state index contributed by atoms with van der Waals surface area (Å²) in [5.74, 6) is 1.40. The van der Waals surface area contributed by atoms with Gasteiger partial charge in [0.15, 0.2) is 16.7 Å². The molecule has 0 fully saturated rings. The van der Waals surface area contributed by atoms with E-state index < -0.39 is 5.92 Å². The summed E-state index contributed by atoms with van der Waals surface area (Å²) in [6, 6.07) is 5.43. The SMILES string of the molecule is C=CCOc1c(OC)cccc1C1CC(=O)Nc2c1c(=O)nc(SCC=C)n2C. The van der Waals surface area contributed by atoms with Crippen molar-refractivity contribution < 1.29 is 14.3 Å². The van der Waals surface area contributed by atoms with E-state index in [4.69, 9.17) is 9.47 Å². The number of carbonyl (C=O) groups is 1. The van der Waals surface area contributed by atoms with Crippen molar-refractivity contribution in [3.05, 3.63) is 65.0 Å². The van der Waals surface area contributed by atoms with Gasteiger partial charge in [0, 0.05) is 30.7 Å². The molecule has 0 radical (unpaired) electrons. The number of fused-ring (bicyclic) bond motifs is 1. The molecule has 0 aliphatic carbocycles. The molecule has 3 rings (SSSR count). The fraction of sp³-hybridized carbons (Fsp3) is 0.286. The van der Waals surface area contributed by atoms with Gasteiger partial charge in [-0.3, -0.25) is 9.59 Å². The Balaban J connectivity index is 2.19. The van der Waals surface area contributed by atoms with Crippen LogP contribution in [0.15, 0.2) is 53.5 Å². The van der Waals surface area contributed by atoms with Crippen LogP contribution in [-0.4, -0.2) is 34.9 Å². The molecule has 0 saturated heterocycles. The Hall–Kier alpha value is -3.00. The van der Waals surface area contributed by atoms with Gasteiger partial charge in [-0.2, -0.15) is 4.98 Å². The maximum Gasteiger partial charge on any atom is 0.279 e. The molecule has 1 unspecified atom stereocenters. The van der Waals surface area contributed by atoms with E-state index in [1.165, 1.54) is 11.8 Å². The van der Waals surface area contributed by atoms with Gasteiger partial charge in [0.1, 0.15) is 12.4 Å². The van der Waals surface area contributed by atoms with Crippen LogP contribution in [0.1, 0.15) is 23.5 Å². The first-order valence-corrected chi connectivity index (χ1v) is 10.0. The quantitative estimate of drug-likeness (QED) is 0.407. The molecule has 1 aliphatic heterocycles. The van der Waals surface area contributed by atoms with E-state index in [0.29, 0.717) is 39.4 Å². The highest BCUT2D eigenvalue weighted by atomic mass is 32.2. The number of rotatable bonds is 8. The molecule has 7 nitrogen and oxygen atoms in total. The Bertz CT molecular complexity index is 1020. The van der Waals surface area contributed by atoms with Crippen molar-refractivity contribution in [3.63, 3.8) is 0 Å². The Morgan fingerprint density at radius 2 is 2.14 bits per heavy atom. The number of nitrogens with zero attached hydrogens (tertiary/aromatic N) is 2. The van der Waals surface area contributed by atoms with Crippen LogP contribution in [0.3, 0.4) is 0 Å². The smallest absolute Gasteiger partial charge is 0.279 e. The van der Waals surface area contributed by atoms with Gasteiger partial charge in [0.2, 0.25) is 5.91 Å². The van der Waals surface area contributed by atoms with Gasteiger partial charge >= 0.3 is 0 Å². The zero-order valence-corrected chi connectivity index (χ0v) is 17.3. The van der Waals surface area contributed by atoms with Gasteiger partial charge in [-0.15, -0.1) is 6.58 Å². The van der Waals surface area contributed by atoms with Crippen molar-refractivity contribution in [1.29, 1.82) is 0 Å². The molecule has 1 aliphatic rings. The fourth-order valence-electron chi connectivity index (χ4n) is 3.33. The summed E-state index contributed by atoms with van der Waals surface area (Å²) in [6.07, 6.45) is 3.47. The molecule has 29 heavy (non-hydrogen) atoms. The molecular weight excluding hydrogens is 390 g/mol. The standard InChI is InChI=1S/C21H23N3O4S/c1-5-10-28-18-13(8-7-9-15(18)27-4)14-12-16(25)22-19-17(14)20(26)23-21(24(19)3)29-11-6-2/h5-9,14H,1-2,10-12H2,3-4H3,(H,22,25). The van der Waals surface area contributed by atoms with Crippen LogP contribution < -0.4 is 20.3 Å². The van der Waals surface area contributed by atoms with Crippen molar-refractivity contribution in [2.45, 2.75) is 17.5 Å². The van der Waals surface area contributed by atoms with Gasteiger partial charge in [-0.1, -0.05) is 42.6 Å². The second-order valence-corrected chi connectivity index (χ2v) is 7.39. The van der Waals surface area contributed by atoms with Gasteiger partial charge in [-0.25, -0.2) is 0 Å². The number of amides is 1. The molecule has 1 N–H and O–H groups in total. The molecule has 1 amide bonds. The molecule has 8 heteroatoms. The molecule has 0 spiro atoms. The molecule has 2 heterocycles. The summed E-state index contributed by atoms with van der Waals surface area (Å²) in [5.41, 5.74) is 0.770. The summed E-state index contributed by atoms with van der Waals surface area (Å²) in [5, 5.41) is 3.35. The summed E-state index contributed by atoms with van der Waals surface area (Å²) in [7, 11) is 3.32.